The minimum Gasteiger partial charge on any atom is -0.399 e. The Morgan fingerprint density at radius 2 is 1.80 bits per heavy atom. The summed E-state index contributed by atoms with van der Waals surface area (Å²) in [7, 11) is -2.25. The van der Waals surface area contributed by atoms with Crippen LogP contribution in [0.15, 0.2) is 29.4 Å². The van der Waals surface area contributed by atoms with Crippen LogP contribution in [0.4, 0.5) is 5.69 Å². The van der Waals surface area contributed by atoms with Gasteiger partial charge in [-0.05, 0) is 49.9 Å². The second kappa shape index (κ2) is 9.51. The molecule has 0 atom stereocenters. The Balaban J connectivity index is 1.67. The van der Waals surface area contributed by atoms with Crippen molar-refractivity contribution >= 4 is 38.9 Å². The molecule has 2 N–H and O–H groups in total. The summed E-state index contributed by atoms with van der Waals surface area (Å²) >= 11 is 5.93. The van der Waals surface area contributed by atoms with Gasteiger partial charge in [-0.3, -0.25) is 10.0 Å². The van der Waals surface area contributed by atoms with Gasteiger partial charge < -0.3 is 9.74 Å². The highest BCUT2D eigenvalue weighted by Gasteiger charge is 2.46. The van der Waals surface area contributed by atoms with Crippen LogP contribution in [0.2, 0.25) is 5.02 Å². The highest BCUT2D eigenvalue weighted by molar-refractivity contribution is 7.89. The van der Waals surface area contributed by atoms with E-state index in [9.17, 15) is 18.4 Å². The van der Waals surface area contributed by atoms with Crippen LogP contribution in [0.3, 0.4) is 0 Å². The molecule has 1 aliphatic heterocycles. The van der Waals surface area contributed by atoms with Crippen LogP contribution in [0.1, 0.15) is 25.7 Å². The molecule has 0 unspecified atom stereocenters. The molecule has 0 radical (unpaired) electrons. The number of hydrogen-bond donors (Lipinski definition) is 2. The first kappa shape index (κ1) is 22.8. The molecule has 1 heterocycles. The van der Waals surface area contributed by atoms with Gasteiger partial charge in [0.2, 0.25) is 10.0 Å². The molecule has 3 rings (SSSR count). The summed E-state index contributed by atoms with van der Waals surface area (Å²) in [5.74, 6) is -1.00. The van der Waals surface area contributed by atoms with Crippen LogP contribution in [-0.2, 0) is 19.7 Å². The molecule has 166 valence electrons. The van der Waals surface area contributed by atoms with Crippen molar-refractivity contribution in [1.29, 1.82) is 0 Å². The lowest BCUT2D eigenvalue weighted by Crippen LogP contribution is -2.53. The molecule has 0 aromatic heterocycles. The summed E-state index contributed by atoms with van der Waals surface area (Å²) in [5.41, 5.74) is 2.26. The Morgan fingerprint density at radius 3 is 2.33 bits per heavy atom. The number of benzene rings is 1. The third-order valence-corrected chi connectivity index (χ3v) is 8.19. The number of rotatable bonds is 6. The van der Waals surface area contributed by atoms with Crippen molar-refractivity contribution in [3.05, 3.63) is 29.3 Å². The van der Waals surface area contributed by atoms with Crippen LogP contribution < -0.4 is 10.4 Å². The number of hydroxylamine groups is 1. The number of halogens is 1. The molecule has 1 aliphatic carbocycles. The maximum absolute atomic E-state index is 13.1. The van der Waals surface area contributed by atoms with E-state index in [0.29, 0.717) is 44.0 Å². The molecule has 1 aromatic rings. The number of oxime groups is 1. The SMILES string of the molecule is CON=C1CCC(CS(=O)(=O)N2CCN(c3ccc(Cl)cc3)CC2)(C(=O)NO)CC1. The lowest BCUT2D eigenvalue weighted by atomic mass is 9.74. The van der Waals surface area contributed by atoms with Gasteiger partial charge in [0.05, 0.1) is 16.9 Å². The molecule has 1 saturated carbocycles. The van der Waals surface area contributed by atoms with Crippen molar-refractivity contribution in [3.63, 3.8) is 0 Å². The number of hydrogen-bond acceptors (Lipinski definition) is 7. The fourth-order valence-corrected chi connectivity index (χ4v) is 6.26. The summed E-state index contributed by atoms with van der Waals surface area (Å²) in [6.45, 7) is 1.76. The van der Waals surface area contributed by atoms with Gasteiger partial charge in [0.15, 0.2) is 0 Å². The smallest absolute Gasteiger partial charge is 0.250 e. The second-order valence-corrected chi connectivity index (χ2v) is 10.1. The van der Waals surface area contributed by atoms with Gasteiger partial charge in [0.1, 0.15) is 7.11 Å². The van der Waals surface area contributed by atoms with E-state index in [1.54, 1.807) is 5.48 Å². The van der Waals surface area contributed by atoms with Gasteiger partial charge >= 0.3 is 0 Å². The van der Waals surface area contributed by atoms with E-state index in [0.717, 1.165) is 11.4 Å². The molecule has 2 fully saturated rings. The highest BCUT2D eigenvalue weighted by Crippen LogP contribution is 2.38. The van der Waals surface area contributed by atoms with Gasteiger partial charge in [-0.15, -0.1) is 0 Å². The van der Waals surface area contributed by atoms with Gasteiger partial charge in [0.25, 0.3) is 5.91 Å². The molecular formula is C19H27ClN4O5S. The zero-order chi connectivity index (χ0) is 21.8. The summed E-state index contributed by atoms with van der Waals surface area (Å²) in [6.07, 6.45) is 1.46. The number of carbonyl (C=O) groups is 1. The first-order valence-electron chi connectivity index (χ1n) is 9.81. The van der Waals surface area contributed by atoms with Gasteiger partial charge in [0, 0.05) is 36.9 Å². The Labute approximate surface area is 181 Å². The summed E-state index contributed by atoms with van der Waals surface area (Å²) in [4.78, 5) is 19.3. The summed E-state index contributed by atoms with van der Waals surface area (Å²) in [5, 5.41) is 13.8. The topological polar surface area (TPSA) is 112 Å². The Hall–Kier alpha value is -1.88. The lowest BCUT2D eigenvalue weighted by molar-refractivity contribution is -0.139. The zero-order valence-electron chi connectivity index (χ0n) is 16.9. The van der Waals surface area contributed by atoms with Crippen molar-refractivity contribution in [2.45, 2.75) is 25.7 Å². The summed E-state index contributed by atoms with van der Waals surface area (Å²) < 4.78 is 27.7. The molecule has 2 aliphatic rings. The van der Waals surface area contributed by atoms with Crippen LogP contribution >= 0.6 is 11.6 Å². The number of sulfonamides is 1. The zero-order valence-corrected chi connectivity index (χ0v) is 18.5. The van der Waals surface area contributed by atoms with E-state index in [1.165, 1.54) is 11.4 Å². The van der Waals surface area contributed by atoms with E-state index in [-0.39, 0.29) is 18.6 Å². The maximum Gasteiger partial charge on any atom is 0.250 e. The average molecular weight is 459 g/mol. The predicted octanol–water partition coefficient (Wildman–Crippen LogP) is 1.86. The molecule has 1 aromatic carbocycles. The Morgan fingerprint density at radius 1 is 1.20 bits per heavy atom. The van der Waals surface area contributed by atoms with Gasteiger partial charge in [-0.1, -0.05) is 16.8 Å². The summed E-state index contributed by atoms with van der Waals surface area (Å²) in [6, 6.07) is 7.44. The van der Waals surface area contributed by atoms with Crippen LogP contribution in [0.25, 0.3) is 0 Å². The van der Waals surface area contributed by atoms with Gasteiger partial charge in [-0.25, -0.2) is 13.9 Å². The van der Waals surface area contributed by atoms with Gasteiger partial charge in [-0.2, -0.15) is 4.31 Å². The number of carbonyl (C=O) groups excluding carboxylic acids is 1. The van der Waals surface area contributed by atoms with Crippen molar-refractivity contribution in [2.75, 3.05) is 43.9 Å². The Kier molecular flexibility index (Phi) is 7.22. The number of anilines is 1. The number of amides is 1. The van der Waals surface area contributed by atoms with Crippen molar-refractivity contribution in [2.24, 2.45) is 10.6 Å². The van der Waals surface area contributed by atoms with E-state index in [1.807, 2.05) is 24.3 Å². The standard InChI is InChI=1S/C19H27ClN4O5S/c1-29-22-16-6-8-19(9-7-16,18(25)21-26)14-30(27,28)24-12-10-23(11-13-24)17-4-2-15(20)3-5-17/h2-5,26H,6-14H2,1H3,(H,21,25). The maximum atomic E-state index is 13.1. The number of nitrogens with zero attached hydrogens (tertiary/aromatic N) is 3. The molecule has 11 heteroatoms. The molecule has 0 bridgehead atoms. The van der Waals surface area contributed by atoms with E-state index < -0.39 is 21.3 Å². The van der Waals surface area contributed by atoms with Crippen molar-refractivity contribution in [3.8, 4) is 0 Å². The lowest BCUT2D eigenvalue weighted by Gasteiger charge is -2.39. The predicted molar refractivity (Wildman–Crippen MR) is 114 cm³/mol. The third kappa shape index (κ3) is 5.05. The Bertz CT molecular complexity index is 873. The van der Waals surface area contributed by atoms with Crippen LogP contribution in [0, 0.1) is 5.41 Å². The van der Waals surface area contributed by atoms with E-state index >= 15 is 0 Å². The van der Waals surface area contributed by atoms with Crippen molar-refractivity contribution in [1.82, 2.24) is 9.79 Å². The average Bonchev–Trinajstić information content (AvgIpc) is 2.75. The van der Waals surface area contributed by atoms with E-state index in [4.69, 9.17) is 16.4 Å². The third-order valence-electron chi connectivity index (χ3n) is 5.87. The van der Waals surface area contributed by atoms with E-state index in [2.05, 4.69) is 10.1 Å². The largest absolute Gasteiger partial charge is 0.399 e. The molecule has 9 nitrogen and oxygen atoms in total. The number of nitrogens with one attached hydrogen (secondary N) is 1. The first-order valence-corrected chi connectivity index (χ1v) is 11.8. The highest BCUT2D eigenvalue weighted by atomic mass is 35.5. The molecule has 0 spiro atoms. The molecule has 1 amide bonds. The molecular weight excluding hydrogens is 432 g/mol. The quantitative estimate of drug-likeness (QED) is 0.497. The second-order valence-electron chi connectivity index (χ2n) is 7.68. The fourth-order valence-electron chi connectivity index (χ4n) is 4.11. The van der Waals surface area contributed by atoms with Crippen LogP contribution in [0.5, 0.6) is 0 Å². The fraction of sp³-hybridized carbons (Fsp3) is 0.579. The minimum atomic E-state index is -3.70. The molecule has 1 saturated heterocycles. The normalized spacial score (nSPS) is 23.2. The minimum absolute atomic E-state index is 0.283. The monoisotopic (exact) mass is 458 g/mol. The number of piperazine rings is 1. The van der Waals surface area contributed by atoms with Crippen LogP contribution in [-0.4, -0.2) is 68.6 Å². The van der Waals surface area contributed by atoms with Crippen molar-refractivity contribution < 1.29 is 23.3 Å². The molecule has 30 heavy (non-hydrogen) atoms. The first-order chi connectivity index (χ1) is 14.3.